The summed E-state index contributed by atoms with van der Waals surface area (Å²) in [5.41, 5.74) is 5.35. The smallest absolute Gasteiger partial charge is 0.293 e. The lowest BCUT2D eigenvalue weighted by Crippen LogP contribution is -2.33. The van der Waals surface area contributed by atoms with Gasteiger partial charge in [0.1, 0.15) is 0 Å². The SMILES string of the molecule is NCCN1C(=O)SC(=CC2CCOC2)C1=O. The van der Waals surface area contributed by atoms with Gasteiger partial charge in [-0.25, -0.2) is 0 Å². The van der Waals surface area contributed by atoms with Gasteiger partial charge in [0.25, 0.3) is 11.1 Å². The van der Waals surface area contributed by atoms with E-state index in [1.807, 2.05) is 6.08 Å². The van der Waals surface area contributed by atoms with Crippen molar-refractivity contribution < 1.29 is 14.3 Å². The van der Waals surface area contributed by atoms with E-state index in [1.54, 1.807) is 0 Å². The van der Waals surface area contributed by atoms with Crippen molar-refractivity contribution in [2.45, 2.75) is 6.42 Å². The Morgan fingerprint density at radius 3 is 3.00 bits per heavy atom. The Morgan fingerprint density at radius 1 is 1.56 bits per heavy atom. The van der Waals surface area contributed by atoms with Crippen LogP contribution >= 0.6 is 11.8 Å². The van der Waals surface area contributed by atoms with Crippen LogP contribution in [0.5, 0.6) is 0 Å². The van der Waals surface area contributed by atoms with E-state index in [-0.39, 0.29) is 17.1 Å². The lowest BCUT2D eigenvalue weighted by Gasteiger charge is -2.09. The van der Waals surface area contributed by atoms with Gasteiger partial charge < -0.3 is 10.5 Å². The lowest BCUT2D eigenvalue weighted by atomic mass is 10.1. The highest BCUT2D eigenvalue weighted by atomic mass is 32.2. The van der Waals surface area contributed by atoms with E-state index >= 15 is 0 Å². The van der Waals surface area contributed by atoms with Crippen LogP contribution in [0.1, 0.15) is 6.42 Å². The summed E-state index contributed by atoms with van der Waals surface area (Å²) >= 11 is 0.996. The molecule has 88 valence electrons. The van der Waals surface area contributed by atoms with E-state index < -0.39 is 0 Å². The summed E-state index contributed by atoms with van der Waals surface area (Å²) in [5.74, 6) is 0.0458. The molecule has 0 aromatic rings. The van der Waals surface area contributed by atoms with Gasteiger partial charge in [-0.2, -0.15) is 0 Å². The Morgan fingerprint density at radius 2 is 2.38 bits per heavy atom. The van der Waals surface area contributed by atoms with Crippen molar-refractivity contribution in [2.75, 3.05) is 26.3 Å². The number of amides is 2. The molecule has 2 aliphatic heterocycles. The van der Waals surface area contributed by atoms with E-state index in [9.17, 15) is 9.59 Å². The molecule has 0 radical (unpaired) electrons. The van der Waals surface area contributed by atoms with Gasteiger partial charge in [-0.3, -0.25) is 14.5 Å². The van der Waals surface area contributed by atoms with Crippen LogP contribution in [0.15, 0.2) is 11.0 Å². The summed E-state index contributed by atoms with van der Waals surface area (Å²) in [6, 6.07) is 0. The number of hydrogen-bond donors (Lipinski definition) is 1. The van der Waals surface area contributed by atoms with Crippen LogP contribution < -0.4 is 5.73 Å². The van der Waals surface area contributed by atoms with Crippen molar-refractivity contribution in [3.05, 3.63) is 11.0 Å². The Hall–Kier alpha value is -0.850. The minimum absolute atomic E-state index is 0.215. The highest BCUT2D eigenvalue weighted by molar-refractivity contribution is 8.18. The molecule has 0 aliphatic carbocycles. The number of carbonyl (C=O) groups excluding carboxylic acids is 2. The fourth-order valence-electron chi connectivity index (χ4n) is 1.73. The fourth-order valence-corrected chi connectivity index (χ4v) is 2.66. The first-order chi connectivity index (χ1) is 7.72. The number of carbonyl (C=O) groups is 2. The minimum Gasteiger partial charge on any atom is -0.381 e. The number of rotatable bonds is 3. The monoisotopic (exact) mass is 242 g/mol. The molecule has 5 nitrogen and oxygen atoms in total. The van der Waals surface area contributed by atoms with Crippen LogP contribution in [-0.2, 0) is 9.53 Å². The Labute approximate surface area is 98.0 Å². The van der Waals surface area contributed by atoms with Gasteiger partial charge >= 0.3 is 0 Å². The molecule has 2 rings (SSSR count). The first-order valence-corrected chi connectivity index (χ1v) is 6.07. The van der Waals surface area contributed by atoms with Crippen LogP contribution in [-0.4, -0.2) is 42.3 Å². The third-order valence-corrected chi connectivity index (χ3v) is 3.50. The van der Waals surface area contributed by atoms with Crippen molar-refractivity contribution in [1.29, 1.82) is 0 Å². The molecule has 0 bridgehead atoms. The van der Waals surface area contributed by atoms with Crippen LogP contribution in [0.25, 0.3) is 0 Å². The number of ether oxygens (including phenoxy) is 1. The Kier molecular flexibility index (Phi) is 3.63. The van der Waals surface area contributed by atoms with Gasteiger partial charge in [-0.15, -0.1) is 0 Å². The van der Waals surface area contributed by atoms with Crippen LogP contribution in [0.2, 0.25) is 0 Å². The molecular formula is C10H14N2O3S. The molecule has 1 atom stereocenters. The molecule has 2 heterocycles. The summed E-state index contributed by atoms with van der Waals surface area (Å²) in [4.78, 5) is 25.0. The number of thioether (sulfide) groups is 1. The van der Waals surface area contributed by atoms with E-state index in [2.05, 4.69) is 0 Å². The normalized spacial score (nSPS) is 28.4. The summed E-state index contributed by atoms with van der Waals surface area (Å²) in [7, 11) is 0. The molecule has 0 aromatic heterocycles. The average molecular weight is 242 g/mol. The second-order valence-electron chi connectivity index (χ2n) is 3.77. The molecule has 2 amide bonds. The maximum atomic E-state index is 11.8. The van der Waals surface area contributed by atoms with Gasteiger partial charge in [-0.05, 0) is 18.2 Å². The number of imide groups is 1. The highest BCUT2D eigenvalue weighted by Crippen LogP contribution is 2.32. The molecule has 6 heteroatoms. The summed E-state index contributed by atoms with van der Waals surface area (Å²) in [6.45, 7) is 1.97. The summed E-state index contributed by atoms with van der Waals surface area (Å²) < 4.78 is 5.22. The fraction of sp³-hybridized carbons (Fsp3) is 0.600. The third-order valence-electron chi connectivity index (χ3n) is 2.58. The maximum absolute atomic E-state index is 11.8. The van der Waals surface area contributed by atoms with Gasteiger partial charge in [-0.1, -0.05) is 6.08 Å². The summed E-state index contributed by atoms with van der Waals surface area (Å²) in [6.07, 6.45) is 2.77. The lowest BCUT2D eigenvalue weighted by molar-refractivity contribution is -0.122. The molecule has 0 spiro atoms. The molecule has 16 heavy (non-hydrogen) atoms. The Bertz CT molecular complexity index is 337. The molecule has 2 N–H and O–H groups in total. The molecular weight excluding hydrogens is 228 g/mol. The quantitative estimate of drug-likeness (QED) is 0.732. The predicted molar refractivity (Wildman–Crippen MR) is 60.8 cm³/mol. The molecule has 1 unspecified atom stereocenters. The van der Waals surface area contributed by atoms with Gasteiger partial charge in [0, 0.05) is 25.6 Å². The zero-order chi connectivity index (χ0) is 11.5. The topological polar surface area (TPSA) is 72.6 Å². The van der Waals surface area contributed by atoms with Crippen molar-refractivity contribution >= 4 is 22.9 Å². The number of hydrogen-bond acceptors (Lipinski definition) is 5. The van der Waals surface area contributed by atoms with Gasteiger partial charge in [0.2, 0.25) is 0 Å². The molecule has 2 saturated heterocycles. The third kappa shape index (κ3) is 2.28. The van der Waals surface area contributed by atoms with Crippen LogP contribution in [0, 0.1) is 5.92 Å². The first kappa shape index (κ1) is 11.6. The second kappa shape index (κ2) is 4.99. The van der Waals surface area contributed by atoms with E-state index in [1.165, 1.54) is 4.90 Å². The van der Waals surface area contributed by atoms with Crippen molar-refractivity contribution in [1.82, 2.24) is 4.90 Å². The number of nitrogens with zero attached hydrogens (tertiary/aromatic N) is 1. The predicted octanol–water partition coefficient (Wildman–Crippen LogP) is 0.561. The van der Waals surface area contributed by atoms with E-state index in [0.29, 0.717) is 24.6 Å². The molecule has 2 fully saturated rings. The van der Waals surface area contributed by atoms with Gasteiger partial charge in [0.05, 0.1) is 11.5 Å². The van der Waals surface area contributed by atoms with Crippen LogP contribution in [0.4, 0.5) is 4.79 Å². The van der Waals surface area contributed by atoms with E-state index in [0.717, 1.165) is 24.8 Å². The second-order valence-corrected chi connectivity index (χ2v) is 4.76. The first-order valence-electron chi connectivity index (χ1n) is 5.25. The van der Waals surface area contributed by atoms with Crippen molar-refractivity contribution in [3.63, 3.8) is 0 Å². The molecule has 0 aromatic carbocycles. The van der Waals surface area contributed by atoms with E-state index in [4.69, 9.17) is 10.5 Å². The summed E-state index contributed by atoms with van der Waals surface area (Å²) in [5, 5.41) is -0.222. The number of nitrogens with two attached hydrogens (primary N) is 1. The largest absolute Gasteiger partial charge is 0.381 e. The molecule has 0 saturated carbocycles. The maximum Gasteiger partial charge on any atom is 0.293 e. The van der Waals surface area contributed by atoms with Gasteiger partial charge in [0.15, 0.2) is 0 Å². The molecule has 2 aliphatic rings. The van der Waals surface area contributed by atoms with Crippen molar-refractivity contribution in [3.8, 4) is 0 Å². The zero-order valence-electron chi connectivity index (χ0n) is 8.85. The van der Waals surface area contributed by atoms with Crippen LogP contribution in [0.3, 0.4) is 0 Å². The standard InChI is InChI=1S/C10H14N2O3S/c11-2-3-12-9(13)8(16-10(12)14)5-7-1-4-15-6-7/h5,7H,1-4,6,11H2. The average Bonchev–Trinajstić information content (AvgIpc) is 2.84. The van der Waals surface area contributed by atoms with Crippen molar-refractivity contribution in [2.24, 2.45) is 11.7 Å². The highest BCUT2D eigenvalue weighted by Gasteiger charge is 2.35. The zero-order valence-corrected chi connectivity index (χ0v) is 9.66. The Balaban J connectivity index is 2.07. The minimum atomic E-state index is -0.222.